The summed E-state index contributed by atoms with van der Waals surface area (Å²) in [4.78, 5) is 61.6. The van der Waals surface area contributed by atoms with Crippen LogP contribution < -0.4 is 16.4 Å². The summed E-state index contributed by atoms with van der Waals surface area (Å²) in [5, 5.41) is 10.6. The average Bonchev–Trinajstić information content (AvgIpc) is 3.67. The van der Waals surface area contributed by atoms with Crippen molar-refractivity contribution in [2.75, 3.05) is 10.6 Å². The molecule has 2 aliphatic rings. The van der Waals surface area contributed by atoms with E-state index in [-0.39, 0.29) is 47.1 Å². The van der Waals surface area contributed by atoms with Crippen LogP contribution in [0.5, 0.6) is 0 Å². The van der Waals surface area contributed by atoms with Crippen LogP contribution in [-0.2, 0) is 16.1 Å². The predicted octanol–water partition coefficient (Wildman–Crippen LogP) is 2.85. The van der Waals surface area contributed by atoms with Gasteiger partial charge in [-0.2, -0.15) is 5.10 Å². The van der Waals surface area contributed by atoms with Crippen LogP contribution in [0.2, 0.25) is 5.15 Å². The molecule has 0 spiro atoms. The van der Waals surface area contributed by atoms with Gasteiger partial charge in [0.15, 0.2) is 5.69 Å². The Balaban J connectivity index is 1.27. The molecule has 6 rings (SSSR count). The SMILES string of the molecule is NC(=O)c1nn(CC(=O)N2C3CCC(C3)C2C(=O)Nc2cccc(Cl)n2)c2cc(NC(=O)c3ccncc3)ccc12. The molecule has 4 aromatic rings. The summed E-state index contributed by atoms with van der Waals surface area (Å²) in [5.41, 5.74) is 6.88. The fourth-order valence-electron chi connectivity index (χ4n) is 5.83. The van der Waals surface area contributed by atoms with Gasteiger partial charge in [-0.05, 0) is 67.6 Å². The fraction of sp³-hybridized carbons (Fsp3) is 0.250. The minimum atomic E-state index is -0.749. The second-order valence-electron chi connectivity index (χ2n) is 10.1. The summed E-state index contributed by atoms with van der Waals surface area (Å²) in [6.07, 6.45) is 5.40. The number of hydrogen-bond donors (Lipinski definition) is 3. The van der Waals surface area contributed by atoms with Crippen molar-refractivity contribution < 1.29 is 19.2 Å². The lowest BCUT2D eigenvalue weighted by Crippen LogP contribution is -2.52. The predicted molar refractivity (Wildman–Crippen MR) is 150 cm³/mol. The summed E-state index contributed by atoms with van der Waals surface area (Å²) in [7, 11) is 0. The number of aromatic nitrogens is 4. The molecule has 2 bridgehead atoms. The number of anilines is 2. The first-order valence-corrected chi connectivity index (χ1v) is 13.4. The number of amides is 4. The summed E-state index contributed by atoms with van der Waals surface area (Å²) in [6.45, 7) is -0.228. The fourth-order valence-corrected chi connectivity index (χ4v) is 6.00. The van der Waals surface area contributed by atoms with Gasteiger partial charge in [-0.3, -0.25) is 28.8 Å². The monoisotopic (exact) mass is 572 g/mol. The third kappa shape index (κ3) is 5.09. The lowest BCUT2D eigenvalue weighted by Gasteiger charge is -2.34. The number of hydrogen-bond acceptors (Lipinski definition) is 7. The number of nitrogens with one attached hydrogen (secondary N) is 2. The molecule has 13 heteroatoms. The van der Waals surface area contributed by atoms with Crippen molar-refractivity contribution in [3.05, 3.63) is 77.3 Å². The number of benzene rings is 1. The lowest BCUT2D eigenvalue weighted by atomic mass is 9.97. The summed E-state index contributed by atoms with van der Waals surface area (Å²) in [5.74, 6) is -1.41. The van der Waals surface area contributed by atoms with Crippen molar-refractivity contribution in [1.82, 2.24) is 24.6 Å². The Kier molecular flexibility index (Phi) is 6.83. The van der Waals surface area contributed by atoms with Crippen molar-refractivity contribution in [2.24, 2.45) is 11.7 Å². The van der Waals surface area contributed by atoms with Gasteiger partial charge in [0.25, 0.3) is 11.8 Å². The molecule has 1 saturated carbocycles. The Bertz CT molecular complexity index is 1690. The third-order valence-corrected chi connectivity index (χ3v) is 7.79. The minimum Gasteiger partial charge on any atom is -0.364 e. The number of halogens is 1. The van der Waals surface area contributed by atoms with Crippen LogP contribution >= 0.6 is 11.6 Å². The zero-order chi connectivity index (χ0) is 28.7. The summed E-state index contributed by atoms with van der Waals surface area (Å²) < 4.78 is 1.39. The highest BCUT2D eigenvalue weighted by Gasteiger charge is 2.51. The van der Waals surface area contributed by atoms with Crippen molar-refractivity contribution in [3.63, 3.8) is 0 Å². The van der Waals surface area contributed by atoms with E-state index in [1.807, 2.05) is 0 Å². The van der Waals surface area contributed by atoms with Crippen molar-refractivity contribution in [1.29, 1.82) is 0 Å². The number of likely N-dealkylation sites (tertiary alicyclic amines) is 1. The van der Waals surface area contributed by atoms with E-state index in [4.69, 9.17) is 17.3 Å². The number of fused-ring (bicyclic) bond motifs is 3. The Morgan fingerprint density at radius 2 is 1.83 bits per heavy atom. The van der Waals surface area contributed by atoms with Crippen LogP contribution in [0, 0.1) is 5.92 Å². The van der Waals surface area contributed by atoms with E-state index >= 15 is 0 Å². The molecule has 208 valence electrons. The molecule has 0 radical (unpaired) electrons. The number of rotatable bonds is 7. The van der Waals surface area contributed by atoms with Gasteiger partial charge in [0.1, 0.15) is 23.6 Å². The van der Waals surface area contributed by atoms with Crippen LogP contribution in [0.1, 0.15) is 40.1 Å². The number of piperidine rings is 1. The van der Waals surface area contributed by atoms with E-state index in [0.29, 0.717) is 28.0 Å². The quantitative estimate of drug-likeness (QED) is 0.286. The number of nitrogens with two attached hydrogens (primary N) is 1. The third-order valence-electron chi connectivity index (χ3n) is 7.58. The summed E-state index contributed by atoms with van der Waals surface area (Å²) in [6, 6.07) is 12.2. The van der Waals surface area contributed by atoms with Crippen molar-refractivity contribution >= 4 is 57.6 Å². The Labute approximate surface area is 238 Å². The highest BCUT2D eigenvalue weighted by Crippen LogP contribution is 2.43. The van der Waals surface area contributed by atoms with Gasteiger partial charge in [-0.25, -0.2) is 4.98 Å². The molecule has 1 saturated heterocycles. The molecular weight excluding hydrogens is 548 g/mol. The molecule has 1 aliphatic heterocycles. The first-order valence-electron chi connectivity index (χ1n) is 13.0. The molecule has 41 heavy (non-hydrogen) atoms. The van der Waals surface area contributed by atoms with E-state index < -0.39 is 11.9 Å². The van der Waals surface area contributed by atoms with Crippen LogP contribution in [0.4, 0.5) is 11.5 Å². The first kappa shape index (κ1) is 26.4. The maximum absolute atomic E-state index is 13.8. The highest BCUT2D eigenvalue weighted by atomic mass is 35.5. The van der Waals surface area contributed by atoms with Gasteiger partial charge < -0.3 is 21.3 Å². The normalized spacial score (nSPS) is 19.3. The zero-order valence-corrected chi connectivity index (χ0v) is 22.4. The molecule has 4 heterocycles. The lowest BCUT2D eigenvalue weighted by molar-refractivity contribution is -0.141. The molecule has 1 aliphatic carbocycles. The molecule has 2 fully saturated rings. The molecule has 3 aromatic heterocycles. The Hall–Kier alpha value is -4.84. The first-order chi connectivity index (χ1) is 19.8. The number of carbonyl (C=O) groups excluding carboxylic acids is 4. The molecule has 3 unspecified atom stereocenters. The van der Waals surface area contributed by atoms with Gasteiger partial charge in [0.2, 0.25) is 11.8 Å². The second kappa shape index (κ2) is 10.6. The number of nitrogens with zero attached hydrogens (tertiary/aromatic N) is 5. The zero-order valence-electron chi connectivity index (χ0n) is 21.7. The maximum atomic E-state index is 13.8. The maximum Gasteiger partial charge on any atom is 0.269 e. The van der Waals surface area contributed by atoms with E-state index in [1.54, 1.807) is 53.4 Å². The van der Waals surface area contributed by atoms with Gasteiger partial charge in [-0.1, -0.05) is 17.7 Å². The average molecular weight is 573 g/mol. The van der Waals surface area contributed by atoms with Gasteiger partial charge in [-0.15, -0.1) is 0 Å². The topological polar surface area (TPSA) is 165 Å². The number of pyridine rings is 2. The molecule has 3 atom stereocenters. The van der Waals surface area contributed by atoms with Crippen molar-refractivity contribution in [3.8, 4) is 0 Å². The molecule has 4 amide bonds. The smallest absolute Gasteiger partial charge is 0.269 e. The van der Waals surface area contributed by atoms with Crippen LogP contribution in [0.3, 0.4) is 0 Å². The minimum absolute atomic E-state index is 0.00377. The van der Waals surface area contributed by atoms with Gasteiger partial charge in [0, 0.05) is 35.1 Å². The van der Waals surface area contributed by atoms with E-state index in [1.165, 1.54) is 17.1 Å². The standard InChI is InChI=1S/C28H25ClN8O4/c29-21-2-1-3-22(33-21)34-28(41)25-16-4-6-18(12-16)37(25)23(38)14-36-20-13-17(5-7-19(20)24(35-36)26(30)39)32-27(40)15-8-10-31-11-9-15/h1-3,5,7-11,13,16,18,25H,4,6,12,14H2,(H2,30,39)(H,32,40)(H,33,34,41). The van der Waals surface area contributed by atoms with Gasteiger partial charge in [0.05, 0.1) is 5.52 Å². The Morgan fingerprint density at radius 1 is 1.02 bits per heavy atom. The molecule has 4 N–H and O–H groups in total. The van der Waals surface area contributed by atoms with Crippen LogP contribution in [0.15, 0.2) is 60.9 Å². The summed E-state index contributed by atoms with van der Waals surface area (Å²) >= 11 is 5.97. The van der Waals surface area contributed by atoms with E-state index in [2.05, 4.69) is 25.7 Å². The molecule has 12 nitrogen and oxygen atoms in total. The number of carbonyl (C=O) groups is 4. The largest absolute Gasteiger partial charge is 0.364 e. The Morgan fingerprint density at radius 3 is 2.59 bits per heavy atom. The second-order valence-corrected chi connectivity index (χ2v) is 10.5. The highest BCUT2D eigenvalue weighted by molar-refractivity contribution is 6.29. The van der Waals surface area contributed by atoms with Crippen LogP contribution in [-0.4, -0.2) is 60.4 Å². The van der Waals surface area contributed by atoms with E-state index in [9.17, 15) is 19.2 Å². The van der Waals surface area contributed by atoms with Gasteiger partial charge >= 0.3 is 0 Å². The molecular formula is C28H25ClN8O4. The van der Waals surface area contributed by atoms with E-state index in [0.717, 1.165) is 19.3 Å². The van der Waals surface area contributed by atoms with Crippen LogP contribution in [0.25, 0.3) is 10.9 Å². The molecule has 1 aromatic carbocycles. The van der Waals surface area contributed by atoms with Crippen molar-refractivity contribution in [2.45, 2.75) is 37.9 Å². The number of primary amides is 1.